The molecule has 0 aliphatic carbocycles. The number of halogens is 2. The molecule has 6 nitrogen and oxygen atoms in total. The molecular formula is C26H23Cl2N3O3S. The van der Waals surface area contributed by atoms with Gasteiger partial charge in [0.15, 0.2) is 5.11 Å². The average Bonchev–Trinajstić information content (AvgIpc) is 3.15. The van der Waals surface area contributed by atoms with Gasteiger partial charge in [0, 0.05) is 12.2 Å². The fraction of sp³-hybridized carbons (Fsp3) is 0.192. The minimum atomic E-state index is -0.765. The number of amides is 2. The van der Waals surface area contributed by atoms with Gasteiger partial charge in [0.05, 0.1) is 29.3 Å². The van der Waals surface area contributed by atoms with Crippen molar-refractivity contribution in [1.82, 2.24) is 4.90 Å². The number of carbonyl (C=O) groups is 2. The number of nitrogens with one attached hydrogen (secondary N) is 1. The highest BCUT2D eigenvalue weighted by atomic mass is 35.5. The van der Waals surface area contributed by atoms with Crippen LogP contribution in [-0.2, 0) is 16.0 Å². The van der Waals surface area contributed by atoms with Crippen molar-refractivity contribution >= 4 is 63.7 Å². The Hall–Kier alpha value is -3.13. The van der Waals surface area contributed by atoms with Gasteiger partial charge in [-0.05, 0) is 54.5 Å². The molecule has 3 aromatic rings. The first-order valence-electron chi connectivity index (χ1n) is 11.0. The number of methoxy groups -OCH3 is 1. The highest BCUT2D eigenvalue weighted by molar-refractivity contribution is 7.80. The number of thiocarbonyl (C=S) groups is 1. The van der Waals surface area contributed by atoms with Gasteiger partial charge in [-0.15, -0.1) is 0 Å². The Morgan fingerprint density at radius 2 is 1.77 bits per heavy atom. The first kappa shape index (κ1) is 25.0. The molecule has 1 atom stereocenters. The van der Waals surface area contributed by atoms with E-state index in [1.54, 1.807) is 47.4 Å². The molecule has 4 rings (SSSR count). The number of hydrogen-bond acceptors (Lipinski definition) is 4. The molecule has 0 spiro atoms. The van der Waals surface area contributed by atoms with E-state index in [0.717, 1.165) is 5.56 Å². The normalized spacial score (nSPS) is 15.3. The van der Waals surface area contributed by atoms with Gasteiger partial charge in [-0.25, -0.2) is 4.90 Å². The Labute approximate surface area is 219 Å². The van der Waals surface area contributed by atoms with Crippen LogP contribution in [0, 0.1) is 0 Å². The quantitative estimate of drug-likeness (QED) is 0.320. The van der Waals surface area contributed by atoms with Crippen molar-refractivity contribution in [2.75, 3.05) is 23.9 Å². The fourth-order valence-corrected chi connectivity index (χ4v) is 4.62. The molecule has 180 valence electrons. The first-order valence-corrected chi connectivity index (χ1v) is 12.1. The van der Waals surface area contributed by atoms with Crippen molar-refractivity contribution < 1.29 is 14.3 Å². The zero-order valence-corrected chi connectivity index (χ0v) is 21.2. The maximum absolute atomic E-state index is 13.6. The van der Waals surface area contributed by atoms with E-state index in [-0.39, 0.29) is 18.2 Å². The zero-order valence-electron chi connectivity index (χ0n) is 18.9. The highest BCUT2D eigenvalue weighted by Gasteiger charge is 2.44. The van der Waals surface area contributed by atoms with E-state index >= 15 is 0 Å². The van der Waals surface area contributed by atoms with E-state index in [0.29, 0.717) is 45.2 Å². The van der Waals surface area contributed by atoms with E-state index in [4.69, 9.17) is 40.2 Å². The van der Waals surface area contributed by atoms with Crippen LogP contribution in [0.1, 0.15) is 12.0 Å². The van der Waals surface area contributed by atoms with Gasteiger partial charge in [0.2, 0.25) is 5.91 Å². The summed E-state index contributed by atoms with van der Waals surface area (Å²) < 4.78 is 5.38. The molecule has 9 heteroatoms. The number of carbonyl (C=O) groups excluding carboxylic acids is 2. The van der Waals surface area contributed by atoms with Crippen LogP contribution in [0.2, 0.25) is 10.0 Å². The van der Waals surface area contributed by atoms with Crippen molar-refractivity contribution in [2.24, 2.45) is 0 Å². The third kappa shape index (κ3) is 5.59. The SMILES string of the molecule is COc1ccccc1N1C(=O)CC(N(CCc2ccccc2)C(=S)Nc2ccc(Cl)c(Cl)c2)C1=O. The van der Waals surface area contributed by atoms with E-state index in [2.05, 4.69) is 5.32 Å². The van der Waals surface area contributed by atoms with Gasteiger partial charge < -0.3 is 15.0 Å². The lowest BCUT2D eigenvalue weighted by molar-refractivity contribution is -0.122. The van der Waals surface area contributed by atoms with Crippen LogP contribution in [0.4, 0.5) is 11.4 Å². The predicted octanol–water partition coefficient (Wildman–Crippen LogP) is 5.58. The summed E-state index contributed by atoms with van der Waals surface area (Å²) in [6.45, 7) is 0.431. The third-order valence-corrected chi connectivity index (χ3v) is 6.82. The molecule has 1 heterocycles. The molecule has 1 aliphatic rings. The van der Waals surface area contributed by atoms with Crippen molar-refractivity contribution in [3.63, 3.8) is 0 Å². The van der Waals surface area contributed by atoms with Gasteiger partial charge in [0.25, 0.3) is 5.91 Å². The van der Waals surface area contributed by atoms with Crippen LogP contribution in [0.3, 0.4) is 0 Å². The Balaban J connectivity index is 1.61. The van der Waals surface area contributed by atoms with Crippen LogP contribution in [0.15, 0.2) is 72.8 Å². The van der Waals surface area contributed by atoms with Crippen LogP contribution in [0.5, 0.6) is 5.75 Å². The molecule has 1 saturated heterocycles. The van der Waals surface area contributed by atoms with Crippen molar-refractivity contribution in [3.05, 3.63) is 88.4 Å². The summed E-state index contributed by atoms with van der Waals surface area (Å²) in [6, 6.07) is 21.1. The molecule has 1 aliphatic heterocycles. The monoisotopic (exact) mass is 527 g/mol. The fourth-order valence-electron chi connectivity index (χ4n) is 3.99. The molecule has 0 radical (unpaired) electrons. The van der Waals surface area contributed by atoms with E-state index < -0.39 is 6.04 Å². The molecule has 1 unspecified atom stereocenters. The van der Waals surface area contributed by atoms with Crippen molar-refractivity contribution in [1.29, 1.82) is 0 Å². The van der Waals surface area contributed by atoms with E-state index in [1.165, 1.54) is 12.0 Å². The molecule has 3 aromatic carbocycles. The average molecular weight is 528 g/mol. The van der Waals surface area contributed by atoms with Gasteiger partial charge in [-0.3, -0.25) is 9.59 Å². The first-order chi connectivity index (χ1) is 16.9. The minimum absolute atomic E-state index is 0.00509. The Bertz CT molecular complexity index is 1260. The molecule has 2 amide bonds. The minimum Gasteiger partial charge on any atom is -0.495 e. The van der Waals surface area contributed by atoms with Crippen molar-refractivity contribution in [3.8, 4) is 5.75 Å². The van der Waals surface area contributed by atoms with Crippen LogP contribution in [-0.4, -0.2) is 41.5 Å². The molecule has 1 fully saturated rings. The van der Waals surface area contributed by atoms with Gasteiger partial charge >= 0.3 is 0 Å². The summed E-state index contributed by atoms with van der Waals surface area (Å²) in [4.78, 5) is 29.6. The summed E-state index contributed by atoms with van der Waals surface area (Å²) >= 11 is 17.9. The number of nitrogens with zero attached hydrogens (tertiary/aromatic N) is 2. The van der Waals surface area contributed by atoms with Crippen LogP contribution < -0.4 is 15.0 Å². The highest BCUT2D eigenvalue weighted by Crippen LogP contribution is 2.33. The Morgan fingerprint density at radius 3 is 2.49 bits per heavy atom. The molecule has 1 N–H and O–H groups in total. The lowest BCUT2D eigenvalue weighted by Gasteiger charge is -2.30. The summed E-state index contributed by atoms with van der Waals surface area (Å²) in [5.41, 5.74) is 2.14. The lowest BCUT2D eigenvalue weighted by atomic mass is 10.1. The number of para-hydroxylation sites is 2. The number of rotatable bonds is 7. The number of benzene rings is 3. The van der Waals surface area contributed by atoms with Crippen molar-refractivity contribution in [2.45, 2.75) is 18.9 Å². The largest absolute Gasteiger partial charge is 0.495 e. The number of ether oxygens (including phenoxy) is 1. The Kier molecular flexibility index (Phi) is 7.90. The lowest BCUT2D eigenvalue weighted by Crippen LogP contribution is -2.48. The summed E-state index contributed by atoms with van der Waals surface area (Å²) in [6.07, 6.45) is 0.630. The molecule has 0 bridgehead atoms. The summed E-state index contributed by atoms with van der Waals surface area (Å²) in [7, 11) is 1.50. The number of hydrogen-bond donors (Lipinski definition) is 1. The predicted molar refractivity (Wildman–Crippen MR) is 143 cm³/mol. The molecule has 0 aromatic heterocycles. The van der Waals surface area contributed by atoms with Gasteiger partial charge in [-0.2, -0.15) is 0 Å². The third-order valence-electron chi connectivity index (χ3n) is 5.74. The maximum Gasteiger partial charge on any atom is 0.257 e. The second-order valence-electron chi connectivity index (χ2n) is 7.95. The molecule has 0 saturated carbocycles. The van der Waals surface area contributed by atoms with Crippen LogP contribution >= 0.6 is 35.4 Å². The standard InChI is InChI=1S/C26H23Cl2N3O3S/c1-34-23-10-6-5-9-21(23)31-24(32)16-22(25(31)33)30(14-13-17-7-3-2-4-8-17)26(35)29-18-11-12-19(27)20(28)15-18/h2-12,15,22H,13-14,16H2,1H3,(H,29,35). The second kappa shape index (κ2) is 11.1. The van der Waals surface area contributed by atoms with E-state index in [9.17, 15) is 9.59 Å². The summed E-state index contributed by atoms with van der Waals surface area (Å²) in [5.74, 6) is -0.223. The van der Waals surface area contributed by atoms with E-state index in [1.807, 2.05) is 30.3 Å². The zero-order chi connectivity index (χ0) is 24.9. The summed E-state index contributed by atoms with van der Waals surface area (Å²) in [5, 5.41) is 4.26. The second-order valence-corrected chi connectivity index (χ2v) is 9.15. The smallest absolute Gasteiger partial charge is 0.257 e. The number of anilines is 2. The van der Waals surface area contributed by atoms with Gasteiger partial charge in [0.1, 0.15) is 11.8 Å². The topological polar surface area (TPSA) is 61.9 Å². The molecule has 35 heavy (non-hydrogen) atoms. The molecular weight excluding hydrogens is 505 g/mol. The van der Waals surface area contributed by atoms with Crippen LogP contribution in [0.25, 0.3) is 0 Å². The maximum atomic E-state index is 13.6. The van der Waals surface area contributed by atoms with Gasteiger partial charge in [-0.1, -0.05) is 65.7 Å². The Morgan fingerprint density at radius 1 is 1.06 bits per heavy atom. The number of imide groups is 1.